The van der Waals surface area contributed by atoms with Crippen LogP contribution in [0.15, 0.2) is 30.5 Å². The number of rotatable bonds is 1. The molecule has 2 fully saturated rings. The third-order valence-corrected chi connectivity index (χ3v) is 4.81. The zero-order valence-electron chi connectivity index (χ0n) is 11.7. The first-order valence-electron chi connectivity index (χ1n) is 7.57. The summed E-state index contributed by atoms with van der Waals surface area (Å²) < 4.78 is 0. The lowest BCUT2D eigenvalue weighted by Crippen LogP contribution is -2.50. The van der Waals surface area contributed by atoms with Gasteiger partial charge in [-0.05, 0) is 44.4 Å². The number of piperidine rings is 1. The monoisotopic (exact) mass is 268 g/mol. The highest BCUT2D eigenvalue weighted by Crippen LogP contribution is 2.32. The number of hydrogen-bond acceptors (Lipinski definition) is 4. The van der Waals surface area contributed by atoms with Gasteiger partial charge in [0, 0.05) is 18.6 Å². The first kappa shape index (κ1) is 12.1. The second-order valence-electron chi connectivity index (χ2n) is 6.01. The summed E-state index contributed by atoms with van der Waals surface area (Å²) in [5.41, 5.74) is 2.38. The third kappa shape index (κ3) is 2.04. The van der Waals surface area contributed by atoms with Gasteiger partial charge in [-0.1, -0.05) is 12.1 Å². The summed E-state index contributed by atoms with van der Waals surface area (Å²) >= 11 is 0. The molecule has 2 aliphatic rings. The van der Waals surface area contributed by atoms with Crippen LogP contribution in [0.1, 0.15) is 25.7 Å². The Morgan fingerprint density at radius 3 is 2.60 bits per heavy atom. The van der Waals surface area contributed by atoms with E-state index >= 15 is 0 Å². The van der Waals surface area contributed by atoms with E-state index in [4.69, 9.17) is 4.98 Å². The van der Waals surface area contributed by atoms with Gasteiger partial charge in [0.25, 0.3) is 0 Å². The van der Waals surface area contributed by atoms with Gasteiger partial charge in [0.15, 0.2) is 0 Å². The Labute approximate surface area is 119 Å². The first-order chi connectivity index (χ1) is 9.85. The maximum Gasteiger partial charge on any atom is 0.147 e. The molecule has 0 bridgehead atoms. The Balaban J connectivity index is 1.55. The van der Waals surface area contributed by atoms with Crippen molar-refractivity contribution in [3.63, 3.8) is 0 Å². The van der Waals surface area contributed by atoms with Gasteiger partial charge in [-0.2, -0.15) is 0 Å². The molecule has 20 heavy (non-hydrogen) atoms. The highest BCUT2D eigenvalue weighted by molar-refractivity contribution is 5.75. The van der Waals surface area contributed by atoms with Crippen molar-refractivity contribution in [2.75, 3.05) is 24.5 Å². The molecule has 2 aliphatic heterocycles. The van der Waals surface area contributed by atoms with Gasteiger partial charge in [0.2, 0.25) is 0 Å². The fourth-order valence-electron chi connectivity index (χ4n) is 3.56. The number of para-hydroxylation sites is 2. The molecule has 1 aromatic heterocycles. The largest absolute Gasteiger partial charge is 0.355 e. The highest BCUT2D eigenvalue weighted by atomic mass is 15.2. The van der Waals surface area contributed by atoms with Crippen molar-refractivity contribution in [2.24, 2.45) is 0 Å². The molecule has 1 N–H and O–H groups in total. The normalized spacial score (nSPS) is 21.7. The fourth-order valence-corrected chi connectivity index (χ4v) is 3.56. The molecule has 0 aliphatic carbocycles. The quantitative estimate of drug-likeness (QED) is 0.862. The van der Waals surface area contributed by atoms with E-state index in [1.54, 1.807) is 0 Å². The number of anilines is 1. The van der Waals surface area contributed by atoms with E-state index in [2.05, 4.69) is 15.2 Å². The number of aromatic nitrogens is 2. The molecule has 1 aromatic carbocycles. The van der Waals surface area contributed by atoms with Crippen LogP contribution in [0.5, 0.6) is 0 Å². The van der Waals surface area contributed by atoms with Crippen LogP contribution in [0.25, 0.3) is 11.0 Å². The van der Waals surface area contributed by atoms with Gasteiger partial charge >= 0.3 is 0 Å². The van der Waals surface area contributed by atoms with Crippen molar-refractivity contribution < 1.29 is 0 Å². The summed E-state index contributed by atoms with van der Waals surface area (Å²) in [4.78, 5) is 11.7. The van der Waals surface area contributed by atoms with Crippen LogP contribution in [-0.4, -0.2) is 35.1 Å². The Bertz CT molecular complexity index is 609. The van der Waals surface area contributed by atoms with Crippen LogP contribution in [0, 0.1) is 0 Å². The molecule has 0 amide bonds. The van der Waals surface area contributed by atoms with Crippen molar-refractivity contribution >= 4 is 16.9 Å². The van der Waals surface area contributed by atoms with Crippen molar-refractivity contribution in [1.29, 1.82) is 0 Å². The molecule has 104 valence electrons. The molecule has 0 atom stereocenters. The van der Waals surface area contributed by atoms with Gasteiger partial charge in [-0.15, -0.1) is 0 Å². The van der Waals surface area contributed by atoms with Crippen LogP contribution in [-0.2, 0) is 0 Å². The van der Waals surface area contributed by atoms with Gasteiger partial charge in [0.1, 0.15) is 5.82 Å². The summed E-state index contributed by atoms with van der Waals surface area (Å²) in [6.07, 6.45) is 7.03. The van der Waals surface area contributed by atoms with Gasteiger partial charge in [0.05, 0.1) is 17.2 Å². The SMILES string of the molecule is c1ccc2nc(N3CCC4(CCCN4)CC3)cnc2c1. The smallest absolute Gasteiger partial charge is 0.147 e. The van der Waals surface area contributed by atoms with E-state index in [-0.39, 0.29) is 0 Å². The Kier molecular flexibility index (Phi) is 2.84. The highest BCUT2D eigenvalue weighted by Gasteiger charge is 2.36. The molecule has 4 nitrogen and oxygen atoms in total. The van der Waals surface area contributed by atoms with E-state index in [1.165, 1.54) is 32.2 Å². The van der Waals surface area contributed by atoms with Crippen LogP contribution in [0.2, 0.25) is 0 Å². The molecular weight excluding hydrogens is 248 g/mol. The van der Waals surface area contributed by atoms with Crippen molar-refractivity contribution in [3.8, 4) is 0 Å². The van der Waals surface area contributed by atoms with Crippen LogP contribution in [0.4, 0.5) is 5.82 Å². The Morgan fingerprint density at radius 1 is 1.05 bits per heavy atom. The lowest BCUT2D eigenvalue weighted by Gasteiger charge is -2.40. The number of fused-ring (bicyclic) bond motifs is 1. The molecule has 2 saturated heterocycles. The molecule has 4 heteroatoms. The molecule has 0 saturated carbocycles. The zero-order valence-corrected chi connectivity index (χ0v) is 11.7. The maximum absolute atomic E-state index is 4.76. The lowest BCUT2D eigenvalue weighted by atomic mass is 9.86. The fraction of sp³-hybridized carbons (Fsp3) is 0.500. The molecule has 0 unspecified atom stereocenters. The summed E-state index contributed by atoms with van der Waals surface area (Å²) in [7, 11) is 0. The molecule has 1 spiro atoms. The lowest BCUT2D eigenvalue weighted by molar-refractivity contribution is 0.296. The summed E-state index contributed by atoms with van der Waals surface area (Å²) in [5, 5.41) is 3.71. The van der Waals surface area contributed by atoms with Gasteiger partial charge in [-0.25, -0.2) is 4.98 Å². The van der Waals surface area contributed by atoms with E-state index in [0.717, 1.165) is 29.9 Å². The average Bonchev–Trinajstić information content (AvgIpc) is 2.96. The van der Waals surface area contributed by atoms with E-state index in [0.29, 0.717) is 5.54 Å². The molecular formula is C16H20N4. The predicted molar refractivity (Wildman–Crippen MR) is 81.0 cm³/mol. The van der Waals surface area contributed by atoms with Crippen LogP contribution < -0.4 is 10.2 Å². The van der Waals surface area contributed by atoms with Crippen LogP contribution in [0.3, 0.4) is 0 Å². The molecule has 4 rings (SSSR count). The van der Waals surface area contributed by atoms with Crippen molar-refractivity contribution in [3.05, 3.63) is 30.5 Å². The minimum absolute atomic E-state index is 0.417. The first-order valence-corrected chi connectivity index (χ1v) is 7.57. The standard InChI is InChI=1S/C16H20N4/c1-2-5-14-13(4-1)17-12-15(19-14)20-10-7-16(8-11-20)6-3-9-18-16/h1-2,4-5,12,18H,3,6-11H2. The van der Waals surface area contributed by atoms with Crippen molar-refractivity contribution in [1.82, 2.24) is 15.3 Å². The van der Waals surface area contributed by atoms with E-state index in [1.807, 2.05) is 30.5 Å². The molecule has 2 aromatic rings. The van der Waals surface area contributed by atoms with Gasteiger partial charge < -0.3 is 10.2 Å². The summed E-state index contributed by atoms with van der Waals surface area (Å²) in [5.74, 6) is 1.02. The van der Waals surface area contributed by atoms with Crippen LogP contribution >= 0.6 is 0 Å². The number of hydrogen-bond donors (Lipinski definition) is 1. The minimum atomic E-state index is 0.417. The number of nitrogens with one attached hydrogen (secondary N) is 1. The zero-order chi connectivity index (χ0) is 13.4. The van der Waals surface area contributed by atoms with Crippen molar-refractivity contribution in [2.45, 2.75) is 31.2 Å². The topological polar surface area (TPSA) is 41.1 Å². The average molecular weight is 268 g/mol. The number of benzene rings is 1. The Morgan fingerprint density at radius 2 is 1.85 bits per heavy atom. The second-order valence-corrected chi connectivity index (χ2v) is 6.01. The maximum atomic E-state index is 4.76. The summed E-state index contributed by atoms with van der Waals surface area (Å²) in [6.45, 7) is 3.36. The second kappa shape index (κ2) is 4.70. The Hall–Kier alpha value is -1.68. The van der Waals surface area contributed by atoms with E-state index < -0.39 is 0 Å². The third-order valence-electron chi connectivity index (χ3n) is 4.81. The van der Waals surface area contributed by atoms with E-state index in [9.17, 15) is 0 Å². The van der Waals surface area contributed by atoms with Gasteiger partial charge in [-0.3, -0.25) is 4.98 Å². The predicted octanol–water partition coefficient (Wildman–Crippen LogP) is 2.35. The number of nitrogens with zero attached hydrogens (tertiary/aromatic N) is 3. The molecule has 3 heterocycles. The molecule has 0 radical (unpaired) electrons. The minimum Gasteiger partial charge on any atom is -0.355 e. The summed E-state index contributed by atoms with van der Waals surface area (Å²) in [6, 6.07) is 8.08.